The monoisotopic (exact) mass is 250 g/mol. The van der Waals surface area contributed by atoms with Gasteiger partial charge in [-0.05, 0) is 26.2 Å². The van der Waals surface area contributed by atoms with Gasteiger partial charge in [-0.15, -0.1) is 0 Å². The van der Waals surface area contributed by atoms with Crippen LogP contribution in [0.15, 0.2) is 12.7 Å². The molecular weight excluding hydrogens is 232 g/mol. The highest BCUT2D eigenvalue weighted by Crippen LogP contribution is 2.27. The molecule has 1 N–H and O–H groups in total. The number of esters is 1. The third-order valence-corrected chi connectivity index (χ3v) is 4.55. The molecule has 0 heterocycles. The SMILES string of the molecule is C=CC(=O)OCCC(C)C(C)(C)S(=O)(=O)O. The number of hydrogen-bond donors (Lipinski definition) is 1. The Bertz CT molecular complexity index is 355. The number of ether oxygens (including phenoxy) is 1. The summed E-state index contributed by atoms with van der Waals surface area (Å²) < 4.78 is 34.7. The van der Waals surface area contributed by atoms with Gasteiger partial charge in [0.25, 0.3) is 10.1 Å². The van der Waals surface area contributed by atoms with Crippen molar-refractivity contribution in [2.45, 2.75) is 31.9 Å². The van der Waals surface area contributed by atoms with E-state index in [0.717, 1.165) is 6.08 Å². The smallest absolute Gasteiger partial charge is 0.330 e. The van der Waals surface area contributed by atoms with Crippen LogP contribution in [0.1, 0.15) is 27.2 Å². The summed E-state index contributed by atoms with van der Waals surface area (Å²) in [5.41, 5.74) is 0. The Labute approximate surface area is 96.2 Å². The molecule has 0 aromatic rings. The first-order chi connectivity index (χ1) is 7.13. The second-order valence-corrected chi connectivity index (χ2v) is 6.14. The average Bonchev–Trinajstić information content (AvgIpc) is 2.15. The fourth-order valence-corrected chi connectivity index (χ4v) is 1.62. The quantitative estimate of drug-likeness (QED) is 0.438. The van der Waals surface area contributed by atoms with E-state index >= 15 is 0 Å². The molecule has 94 valence electrons. The fraction of sp³-hybridized carbons (Fsp3) is 0.700. The fourth-order valence-electron chi connectivity index (χ4n) is 0.997. The molecule has 0 aromatic heterocycles. The molecule has 1 unspecified atom stereocenters. The minimum absolute atomic E-state index is 0.102. The van der Waals surface area contributed by atoms with E-state index in [4.69, 9.17) is 9.29 Å². The maximum Gasteiger partial charge on any atom is 0.330 e. The number of hydrogen-bond acceptors (Lipinski definition) is 4. The van der Waals surface area contributed by atoms with Crippen molar-refractivity contribution < 1.29 is 22.5 Å². The zero-order valence-electron chi connectivity index (χ0n) is 9.76. The zero-order valence-corrected chi connectivity index (χ0v) is 10.6. The van der Waals surface area contributed by atoms with Gasteiger partial charge in [0.2, 0.25) is 0 Å². The molecule has 0 aliphatic heterocycles. The van der Waals surface area contributed by atoms with Crippen molar-refractivity contribution in [1.82, 2.24) is 0 Å². The van der Waals surface area contributed by atoms with Crippen LogP contribution in [0.2, 0.25) is 0 Å². The van der Waals surface area contributed by atoms with Gasteiger partial charge in [0.1, 0.15) is 0 Å². The molecule has 0 aliphatic carbocycles. The van der Waals surface area contributed by atoms with E-state index in [1.165, 1.54) is 13.8 Å². The van der Waals surface area contributed by atoms with Crippen molar-refractivity contribution in [3.05, 3.63) is 12.7 Å². The molecule has 0 amide bonds. The Balaban J connectivity index is 4.32. The lowest BCUT2D eigenvalue weighted by atomic mass is 9.94. The first-order valence-corrected chi connectivity index (χ1v) is 6.33. The predicted molar refractivity (Wildman–Crippen MR) is 60.6 cm³/mol. The van der Waals surface area contributed by atoms with Crippen LogP contribution < -0.4 is 0 Å². The highest BCUT2D eigenvalue weighted by Gasteiger charge is 2.38. The standard InChI is InChI=1S/C10H18O5S/c1-5-9(11)15-7-6-8(2)10(3,4)16(12,13)14/h5,8H,1,6-7H2,2-4H3,(H,12,13,14). The number of carbonyl (C=O) groups excluding carboxylic acids is 1. The molecule has 1 atom stereocenters. The van der Waals surface area contributed by atoms with E-state index in [9.17, 15) is 13.2 Å². The average molecular weight is 250 g/mol. The van der Waals surface area contributed by atoms with Gasteiger partial charge >= 0.3 is 5.97 Å². The maximum absolute atomic E-state index is 11.1. The van der Waals surface area contributed by atoms with Crippen LogP contribution >= 0.6 is 0 Å². The Kier molecular flexibility index (Phi) is 5.15. The minimum atomic E-state index is -4.12. The van der Waals surface area contributed by atoms with Crippen LogP contribution in [-0.4, -0.2) is 30.3 Å². The van der Waals surface area contributed by atoms with Crippen molar-refractivity contribution >= 4 is 16.1 Å². The van der Waals surface area contributed by atoms with E-state index in [-0.39, 0.29) is 12.5 Å². The van der Waals surface area contributed by atoms with Crippen LogP contribution in [0.5, 0.6) is 0 Å². The van der Waals surface area contributed by atoms with E-state index < -0.39 is 20.8 Å². The second-order valence-electron chi connectivity index (χ2n) is 4.14. The van der Waals surface area contributed by atoms with Crippen LogP contribution in [0.4, 0.5) is 0 Å². The van der Waals surface area contributed by atoms with Gasteiger partial charge in [-0.1, -0.05) is 13.5 Å². The Morgan fingerprint density at radius 3 is 2.44 bits per heavy atom. The summed E-state index contributed by atoms with van der Waals surface area (Å²) in [4.78, 5) is 10.7. The highest BCUT2D eigenvalue weighted by molar-refractivity contribution is 7.87. The van der Waals surface area contributed by atoms with Gasteiger partial charge in [0.05, 0.1) is 11.4 Å². The normalized spacial score (nSPS) is 14.2. The summed E-state index contributed by atoms with van der Waals surface area (Å²) in [6.45, 7) is 7.88. The molecule has 0 aliphatic rings. The maximum atomic E-state index is 11.1. The molecule has 0 radical (unpaired) electrons. The highest BCUT2D eigenvalue weighted by atomic mass is 32.2. The minimum Gasteiger partial charge on any atom is -0.463 e. The third-order valence-electron chi connectivity index (χ3n) is 2.81. The van der Waals surface area contributed by atoms with Crippen LogP contribution in [0.3, 0.4) is 0 Å². The van der Waals surface area contributed by atoms with E-state index in [1.54, 1.807) is 6.92 Å². The summed E-state index contributed by atoms with van der Waals surface area (Å²) in [7, 11) is -4.12. The topological polar surface area (TPSA) is 80.7 Å². The van der Waals surface area contributed by atoms with E-state index in [2.05, 4.69) is 6.58 Å². The molecular formula is C10H18O5S. The lowest BCUT2D eigenvalue weighted by Gasteiger charge is -2.28. The van der Waals surface area contributed by atoms with Crippen LogP contribution in [-0.2, 0) is 19.6 Å². The van der Waals surface area contributed by atoms with E-state index in [1.807, 2.05) is 0 Å². The largest absolute Gasteiger partial charge is 0.463 e. The van der Waals surface area contributed by atoms with Crippen LogP contribution in [0, 0.1) is 5.92 Å². The number of rotatable bonds is 6. The molecule has 0 rings (SSSR count). The van der Waals surface area contributed by atoms with Gasteiger partial charge in [0.15, 0.2) is 0 Å². The second kappa shape index (κ2) is 5.45. The van der Waals surface area contributed by atoms with Crippen molar-refractivity contribution in [3.8, 4) is 0 Å². The molecule has 0 aromatic carbocycles. The predicted octanol–water partition coefficient (Wildman–Crippen LogP) is 1.41. The molecule has 0 saturated heterocycles. The van der Waals surface area contributed by atoms with Gasteiger partial charge in [-0.25, -0.2) is 4.79 Å². The van der Waals surface area contributed by atoms with Crippen molar-refractivity contribution in [2.24, 2.45) is 5.92 Å². The lowest BCUT2D eigenvalue weighted by Crippen LogP contribution is -2.38. The molecule has 0 saturated carbocycles. The summed E-state index contributed by atoms with van der Waals surface area (Å²) >= 11 is 0. The zero-order chi connectivity index (χ0) is 13.0. The Morgan fingerprint density at radius 1 is 1.56 bits per heavy atom. The Hall–Kier alpha value is -0.880. The van der Waals surface area contributed by atoms with Crippen LogP contribution in [0.25, 0.3) is 0 Å². The van der Waals surface area contributed by atoms with Gasteiger partial charge in [-0.3, -0.25) is 4.55 Å². The summed E-state index contributed by atoms with van der Waals surface area (Å²) in [6, 6.07) is 0. The van der Waals surface area contributed by atoms with Crippen molar-refractivity contribution in [1.29, 1.82) is 0 Å². The van der Waals surface area contributed by atoms with Gasteiger partial charge in [0, 0.05) is 6.08 Å². The third kappa shape index (κ3) is 3.94. The molecule has 6 heteroatoms. The summed E-state index contributed by atoms with van der Waals surface area (Å²) in [5, 5.41) is 0. The first kappa shape index (κ1) is 15.1. The summed E-state index contributed by atoms with van der Waals surface area (Å²) in [5.74, 6) is -0.878. The number of carbonyl (C=O) groups is 1. The lowest BCUT2D eigenvalue weighted by molar-refractivity contribution is -0.138. The molecule has 0 bridgehead atoms. The van der Waals surface area contributed by atoms with Gasteiger partial charge in [-0.2, -0.15) is 8.42 Å². The molecule has 0 fully saturated rings. The Morgan fingerprint density at radius 2 is 2.06 bits per heavy atom. The van der Waals surface area contributed by atoms with Crippen molar-refractivity contribution in [3.63, 3.8) is 0 Å². The molecule has 5 nitrogen and oxygen atoms in total. The summed E-state index contributed by atoms with van der Waals surface area (Å²) in [6.07, 6.45) is 1.39. The van der Waals surface area contributed by atoms with Crippen molar-refractivity contribution in [2.75, 3.05) is 6.61 Å². The molecule has 16 heavy (non-hydrogen) atoms. The first-order valence-electron chi connectivity index (χ1n) is 4.89. The molecule has 0 spiro atoms. The van der Waals surface area contributed by atoms with Gasteiger partial charge < -0.3 is 4.74 Å². The van der Waals surface area contributed by atoms with E-state index in [0.29, 0.717) is 6.42 Å².